The zero-order valence-corrected chi connectivity index (χ0v) is 11.9. The first kappa shape index (κ1) is 12.1. The number of nitrogens with zero attached hydrogens (tertiary/aromatic N) is 2. The second kappa shape index (κ2) is 4.49. The van der Waals surface area contributed by atoms with E-state index in [0.29, 0.717) is 5.54 Å². The monoisotopic (exact) mass is 285 g/mol. The van der Waals surface area contributed by atoms with E-state index in [1.165, 1.54) is 29.4 Å². The summed E-state index contributed by atoms with van der Waals surface area (Å²) in [6.45, 7) is 5.48. The van der Waals surface area contributed by atoms with Crippen molar-refractivity contribution >= 4 is 15.9 Å². The summed E-state index contributed by atoms with van der Waals surface area (Å²) in [5.74, 6) is 0. The van der Waals surface area contributed by atoms with Gasteiger partial charge in [-0.1, -0.05) is 6.92 Å². The molecule has 1 N–H and O–H groups in total. The lowest BCUT2D eigenvalue weighted by Gasteiger charge is -2.28. The molecule has 1 unspecified atom stereocenters. The van der Waals surface area contributed by atoms with Crippen molar-refractivity contribution in [3.05, 3.63) is 15.9 Å². The third-order valence-corrected chi connectivity index (χ3v) is 4.81. The van der Waals surface area contributed by atoms with Gasteiger partial charge in [-0.15, -0.1) is 0 Å². The van der Waals surface area contributed by atoms with Crippen LogP contribution in [0.15, 0.2) is 4.47 Å². The van der Waals surface area contributed by atoms with Gasteiger partial charge in [0.05, 0.1) is 15.9 Å². The molecule has 0 bridgehead atoms. The zero-order valence-electron chi connectivity index (χ0n) is 10.3. The van der Waals surface area contributed by atoms with E-state index in [4.69, 9.17) is 0 Å². The van der Waals surface area contributed by atoms with Gasteiger partial charge in [-0.25, -0.2) is 0 Å². The second-order valence-corrected chi connectivity index (χ2v) is 5.60. The molecule has 3 nitrogen and oxygen atoms in total. The van der Waals surface area contributed by atoms with Crippen LogP contribution in [0.1, 0.15) is 37.6 Å². The van der Waals surface area contributed by atoms with Crippen LogP contribution < -0.4 is 5.32 Å². The summed E-state index contributed by atoms with van der Waals surface area (Å²) >= 11 is 3.65. The Bertz CT molecular complexity index is 378. The fourth-order valence-corrected chi connectivity index (χ4v) is 3.12. The number of hydrogen-bond donors (Lipinski definition) is 1. The molecule has 1 saturated heterocycles. The van der Waals surface area contributed by atoms with Crippen molar-refractivity contribution in [3.8, 4) is 0 Å². The van der Waals surface area contributed by atoms with Crippen LogP contribution >= 0.6 is 15.9 Å². The van der Waals surface area contributed by atoms with Gasteiger partial charge in [0, 0.05) is 19.0 Å². The van der Waals surface area contributed by atoms with Gasteiger partial charge in [0.1, 0.15) is 0 Å². The van der Waals surface area contributed by atoms with Crippen molar-refractivity contribution in [3.63, 3.8) is 0 Å². The van der Waals surface area contributed by atoms with Gasteiger partial charge < -0.3 is 5.32 Å². The Labute approximate surface area is 106 Å². The minimum Gasteiger partial charge on any atom is -0.311 e. The highest BCUT2D eigenvalue weighted by molar-refractivity contribution is 9.10. The van der Waals surface area contributed by atoms with Crippen LogP contribution in [-0.2, 0) is 13.5 Å². The fraction of sp³-hybridized carbons (Fsp3) is 0.750. The maximum atomic E-state index is 4.46. The molecule has 4 heteroatoms. The average Bonchev–Trinajstić information content (AvgIpc) is 2.81. The lowest BCUT2D eigenvalue weighted by atomic mass is 9.89. The van der Waals surface area contributed by atoms with Crippen molar-refractivity contribution in [2.24, 2.45) is 7.05 Å². The number of aromatic nitrogens is 2. The van der Waals surface area contributed by atoms with Crippen LogP contribution in [0.2, 0.25) is 0 Å². The molecule has 2 rings (SSSR count). The standard InChI is InChI=1S/C12H20BrN3/c1-4-12(6-5-7-14-12)8-10-11(13)9(2)15-16(10)3/h14H,4-8H2,1-3H3. The number of aryl methyl sites for hydroxylation is 2. The molecule has 0 saturated carbocycles. The second-order valence-electron chi connectivity index (χ2n) is 4.81. The summed E-state index contributed by atoms with van der Waals surface area (Å²) in [6, 6.07) is 0. The predicted molar refractivity (Wildman–Crippen MR) is 69.6 cm³/mol. The predicted octanol–water partition coefficient (Wildman–Crippen LogP) is 2.57. The van der Waals surface area contributed by atoms with Gasteiger partial charge in [0.25, 0.3) is 0 Å². The summed E-state index contributed by atoms with van der Waals surface area (Å²) < 4.78 is 3.19. The molecule has 1 aromatic rings. The van der Waals surface area contributed by atoms with Crippen molar-refractivity contribution < 1.29 is 0 Å². The first-order valence-electron chi connectivity index (χ1n) is 6.01. The van der Waals surface area contributed by atoms with E-state index in [1.807, 2.05) is 18.7 Å². The number of rotatable bonds is 3. The maximum Gasteiger partial charge on any atom is 0.0738 e. The summed E-state index contributed by atoms with van der Waals surface area (Å²) in [4.78, 5) is 0. The molecule has 90 valence electrons. The Morgan fingerprint density at radius 2 is 2.31 bits per heavy atom. The van der Waals surface area contributed by atoms with Gasteiger partial charge in [-0.3, -0.25) is 4.68 Å². The Hall–Kier alpha value is -0.350. The van der Waals surface area contributed by atoms with Crippen LogP contribution in [0.3, 0.4) is 0 Å². The van der Waals surface area contributed by atoms with Crippen LogP contribution in [0, 0.1) is 6.92 Å². The minimum absolute atomic E-state index is 0.294. The lowest BCUT2D eigenvalue weighted by Crippen LogP contribution is -2.41. The molecule has 0 aromatic carbocycles. The molecule has 0 aliphatic carbocycles. The van der Waals surface area contributed by atoms with E-state index in [-0.39, 0.29) is 0 Å². The van der Waals surface area contributed by atoms with Crippen LogP contribution in [0.4, 0.5) is 0 Å². The molecule has 1 fully saturated rings. The van der Waals surface area contributed by atoms with E-state index in [0.717, 1.165) is 18.7 Å². The fourth-order valence-electron chi connectivity index (χ4n) is 2.64. The molecular formula is C12H20BrN3. The SMILES string of the molecule is CCC1(Cc2c(Br)c(C)nn2C)CCCN1. The molecular weight excluding hydrogens is 266 g/mol. The van der Waals surface area contributed by atoms with E-state index < -0.39 is 0 Å². The van der Waals surface area contributed by atoms with Crippen molar-refractivity contribution in [1.29, 1.82) is 0 Å². The Morgan fingerprint density at radius 3 is 2.75 bits per heavy atom. The normalized spacial score (nSPS) is 25.2. The number of halogens is 1. The summed E-state index contributed by atoms with van der Waals surface area (Å²) in [6.07, 6.45) is 4.83. The van der Waals surface area contributed by atoms with Gasteiger partial charge in [0.15, 0.2) is 0 Å². The number of nitrogens with one attached hydrogen (secondary N) is 1. The van der Waals surface area contributed by atoms with Crippen molar-refractivity contribution in [1.82, 2.24) is 15.1 Å². The third-order valence-electron chi connectivity index (χ3n) is 3.78. The van der Waals surface area contributed by atoms with Crippen molar-refractivity contribution in [2.45, 2.75) is 45.1 Å². The topological polar surface area (TPSA) is 29.9 Å². The molecule has 0 amide bonds. The molecule has 0 radical (unpaired) electrons. The van der Waals surface area contributed by atoms with Crippen molar-refractivity contribution in [2.75, 3.05) is 6.54 Å². The minimum atomic E-state index is 0.294. The molecule has 0 spiro atoms. The third kappa shape index (κ3) is 2.05. The summed E-state index contributed by atoms with van der Waals surface area (Å²) in [5.41, 5.74) is 2.69. The van der Waals surface area contributed by atoms with E-state index in [1.54, 1.807) is 0 Å². The average molecular weight is 286 g/mol. The zero-order chi connectivity index (χ0) is 11.8. The molecule has 1 aliphatic rings. The quantitative estimate of drug-likeness (QED) is 0.925. The Kier molecular flexibility index (Phi) is 3.40. The Balaban J connectivity index is 2.25. The molecule has 1 aromatic heterocycles. The maximum absolute atomic E-state index is 4.46. The molecule has 16 heavy (non-hydrogen) atoms. The van der Waals surface area contributed by atoms with Gasteiger partial charge >= 0.3 is 0 Å². The number of hydrogen-bond acceptors (Lipinski definition) is 2. The van der Waals surface area contributed by atoms with Crippen LogP contribution in [-0.4, -0.2) is 21.9 Å². The lowest BCUT2D eigenvalue weighted by molar-refractivity contribution is 0.351. The van der Waals surface area contributed by atoms with E-state index >= 15 is 0 Å². The largest absolute Gasteiger partial charge is 0.311 e. The molecule has 1 aliphatic heterocycles. The highest BCUT2D eigenvalue weighted by Crippen LogP contribution is 2.31. The Morgan fingerprint density at radius 1 is 1.56 bits per heavy atom. The molecule has 1 atom stereocenters. The smallest absolute Gasteiger partial charge is 0.0738 e. The summed E-state index contributed by atoms with van der Waals surface area (Å²) in [5, 5.41) is 8.13. The van der Waals surface area contributed by atoms with Crippen LogP contribution in [0.25, 0.3) is 0 Å². The highest BCUT2D eigenvalue weighted by atomic mass is 79.9. The van der Waals surface area contributed by atoms with Gasteiger partial charge in [0.2, 0.25) is 0 Å². The summed E-state index contributed by atoms with van der Waals surface area (Å²) in [7, 11) is 2.03. The van der Waals surface area contributed by atoms with Gasteiger partial charge in [-0.05, 0) is 48.7 Å². The highest BCUT2D eigenvalue weighted by Gasteiger charge is 2.33. The van der Waals surface area contributed by atoms with E-state index in [9.17, 15) is 0 Å². The van der Waals surface area contributed by atoms with Crippen LogP contribution in [0.5, 0.6) is 0 Å². The van der Waals surface area contributed by atoms with E-state index in [2.05, 4.69) is 33.3 Å². The first-order chi connectivity index (χ1) is 7.58. The molecule has 2 heterocycles. The first-order valence-corrected chi connectivity index (χ1v) is 6.80. The van der Waals surface area contributed by atoms with Gasteiger partial charge in [-0.2, -0.15) is 5.10 Å².